The van der Waals surface area contributed by atoms with Gasteiger partial charge in [0.05, 0.1) is 11.6 Å². The van der Waals surface area contributed by atoms with E-state index in [1.807, 2.05) is 17.0 Å². The van der Waals surface area contributed by atoms with Crippen molar-refractivity contribution in [3.05, 3.63) is 65.2 Å². The van der Waals surface area contributed by atoms with Gasteiger partial charge in [0.2, 0.25) is 0 Å². The highest BCUT2D eigenvalue weighted by Gasteiger charge is 2.27. The fraction of sp³-hybridized carbons (Fsp3) is 0.348. The van der Waals surface area contributed by atoms with Crippen LogP contribution < -0.4 is 15.5 Å². The van der Waals surface area contributed by atoms with Crippen molar-refractivity contribution in [2.24, 2.45) is 0 Å². The molecule has 0 spiro atoms. The number of likely N-dealkylation sites (tertiary alicyclic amines) is 1. The SMILES string of the molecule is N#Cc1ccc(COc2ccc(C(=O)NC[C@@H](C(=O)NO)N3CCCCC3)cc2)cc1. The van der Waals surface area contributed by atoms with Crippen molar-refractivity contribution in [2.75, 3.05) is 19.6 Å². The molecular formula is C23H26N4O4. The number of nitrogens with one attached hydrogen (secondary N) is 2. The van der Waals surface area contributed by atoms with E-state index in [2.05, 4.69) is 11.4 Å². The summed E-state index contributed by atoms with van der Waals surface area (Å²) in [4.78, 5) is 26.5. The van der Waals surface area contributed by atoms with Crippen molar-refractivity contribution in [3.63, 3.8) is 0 Å². The Balaban J connectivity index is 1.52. The topological polar surface area (TPSA) is 115 Å². The molecule has 8 heteroatoms. The Morgan fingerprint density at radius 1 is 1.06 bits per heavy atom. The van der Waals surface area contributed by atoms with Gasteiger partial charge in [-0.1, -0.05) is 18.6 Å². The van der Waals surface area contributed by atoms with E-state index < -0.39 is 11.9 Å². The van der Waals surface area contributed by atoms with Gasteiger partial charge in [0.25, 0.3) is 11.8 Å². The van der Waals surface area contributed by atoms with Crippen LogP contribution in [0.1, 0.15) is 40.7 Å². The fourth-order valence-corrected chi connectivity index (χ4v) is 3.53. The number of hydroxylamine groups is 1. The van der Waals surface area contributed by atoms with Crippen LogP contribution in [-0.2, 0) is 11.4 Å². The highest BCUT2D eigenvalue weighted by atomic mass is 16.5. The summed E-state index contributed by atoms with van der Waals surface area (Å²) < 4.78 is 5.72. The number of piperidine rings is 1. The summed E-state index contributed by atoms with van der Waals surface area (Å²) in [5.41, 5.74) is 3.69. The first-order valence-corrected chi connectivity index (χ1v) is 10.3. The van der Waals surface area contributed by atoms with Crippen molar-refractivity contribution < 1.29 is 19.5 Å². The second-order valence-electron chi connectivity index (χ2n) is 7.42. The van der Waals surface area contributed by atoms with E-state index in [1.165, 1.54) is 0 Å². The van der Waals surface area contributed by atoms with Crippen LogP contribution in [0.25, 0.3) is 0 Å². The third kappa shape index (κ3) is 6.28. The number of nitriles is 1. The van der Waals surface area contributed by atoms with E-state index in [9.17, 15) is 9.59 Å². The Hall–Kier alpha value is -3.41. The van der Waals surface area contributed by atoms with Gasteiger partial charge in [-0.15, -0.1) is 0 Å². The van der Waals surface area contributed by atoms with Crippen molar-refractivity contribution >= 4 is 11.8 Å². The van der Waals surface area contributed by atoms with Crippen molar-refractivity contribution in [1.82, 2.24) is 15.7 Å². The molecule has 0 bridgehead atoms. The number of carbonyl (C=O) groups excluding carboxylic acids is 2. The zero-order valence-electron chi connectivity index (χ0n) is 17.2. The van der Waals surface area contributed by atoms with E-state index in [-0.39, 0.29) is 12.5 Å². The summed E-state index contributed by atoms with van der Waals surface area (Å²) in [5.74, 6) is -0.202. The molecule has 3 N–H and O–H groups in total. The number of benzene rings is 2. The summed E-state index contributed by atoms with van der Waals surface area (Å²) in [7, 11) is 0. The first-order chi connectivity index (χ1) is 15.1. The lowest BCUT2D eigenvalue weighted by Crippen LogP contribution is -2.53. The van der Waals surface area contributed by atoms with Crippen LogP contribution in [0.15, 0.2) is 48.5 Å². The lowest BCUT2D eigenvalue weighted by molar-refractivity contribution is -0.135. The second-order valence-corrected chi connectivity index (χ2v) is 7.42. The van der Waals surface area contributed by atoms with Crippen LogP contribution in [0.2, 0.25) is 0 Å². The predicted octanol–water partition coefficient (Wildman–Crippen LogP) is 2.23. The zero-order chi connectivity index (χ0) is 22.1. The van der Waals surface area contributed by atoms with Gasteiger partial charge < -0.3 is 10.1 Å². The predicted molar refractivity (Wildman–Crippen MR) is 113 cm³/mol. The molecule has 2 amide bonds. The van der Waals surface area contributed by atoms with Crippen molar-refractivity contribution in [2.45, 2.75) is 31.9 Å². The third-order valence-corrected chi connectivity index (χ3v) is 5.31. The molecule has 1 heterocycles. The van der Waals surface area contributed by atoms with Crippen LogP contribution in [0.5, 0.6) is 5.75 Å². The molecule has 31 heavy (non-hydrogen) atoms. The molecule has 1 fully saturated rings. The molecule has 8 nitrogen and oxygen atoms in total. The first-order valence-electron chi connectivity index (χ1n) is 10.3. The minimum absolute atomic E-state index is 0.113. The maximum atomic E-state index is 12.5. The number of rotatable bonds is 8. The minimum Gasteiger partial charge on any atom is -0.489 e. The van der Waals surface area contributed by atoms with Gasteiger partial charge in [-0.25, -0.2) is 5.48 Å². The molecule has 0 aromatic heterocycles. The normalized spacial score (nSPS) is 14.8. The third-order valence-electron chi connectivity index (χ3n) is 5.31. The Bertz CT molecular complexity index is 916. The average Bonchev–Trinajstić information content (AvgIpc) is 2.83. The number of hydrogen-bond acceptors (Lipinski definition) is 6. The van der Waals surface area contributed by atoms with E-state index in [4.69, 9.17) is 15.2 Å². The second kappa shape index (κ2) is 11.1. The van der Waals surface area contributed by atoms with E-state index in [0.29, 0.717) is 23.5 Å². The molecule has 0 aliphatic carbocycles. The first kappa shape index (κ1) is 22.3. The number of nitrogens with zero attached hydrogens (tertiary/aromatic N) is 2. The zero-order valence-corrected chi connectivity index (χ0v) is 17.2. The quantitative estimate of drug-likeness (QED) is 0.444. The molecule has 2 aromatic rings. The standard InChI is InChI=1S/C23H26N4O4/c24-14-17-4-6-18(7-5-17)16-31-20-10-8-19(9-11-20)22(28)25-15-21(23(29)26-30)27-12-2-1-3-13-27/h4-11,21,30H,1-3,12-13,15-16H2,(H,25,28)(H,26,29)/t21-/m0/s1. The average molecular weight is 422 g/mol. The van der Waals surface area contributed by atoms with Crippen molar-refractivity contribution in [3.8, 4) is 11.8 Å². The highest BCUT2D eigenvalue weighted by molar-refractivity contribution is 5.94. The van der Waals surface area contributed by atoms with Crippen LogP contribution in [0.3, 0.4) is 0 Å². The molecule has 1 aliphatic heterocycles. The largest absolute Gasteiger partial charge is 0.489 e. The summed E-state index contributed by atoms with van der Waals surface area (Å²) in [6.07, 6.45) is 3.11. The van der Waals surface area contributed by atoms with Crippen molar-refractivity contribution in [1.29, 1.82) is 5.26 Å². The van der Waals surface area contributed by atoms with E-state index in [0.717, 1.165) is 37.9 Å². The summed E-state index contributed by atoms with van der Waals surface area (Å²) in [6, 6.07) is 15.3. The number of ether oxygens (including phenoxy) is 1. The minimum atomic E-state index is -0.607. The smallest absolute Gasteiger partial charge is 0.262 e. The Labute approximate surface area is 181 Å². The molecule has 1 saturated heterocycles. The summed E-state index contributed by atoms with van der Waals surface area (Å²) in [5, 5.41) is 20.7. The summed E-state index contributed by atoms with van der Waals surface area (Å²) >= 11 is 0. The molecule has 0 saturated carbocycles. The maximum Gasteiger partial charge on any atom is 0.262 e. The van der Waals surface area contributed by atoms with Gasteiger partial charge in [0.15, 0.2) is 0 Å². The van der Waals surface area contributed by atoms with Crippen LogP contribution in [0.4, 0.5) is 0 Å². The van der Waals surface area contributed by atoms with Crippen LogP contribution in [0, 0.1) is 11.3 Å². The van der Waals surface area contributed by atoms with Gasteiger partial charge in [-0.3, -0.25) is 19.7 Å². The lowest BCUT2D eigenvalue weighted by Gasteiger charge is -2.33. The van der Waals surface area contributed by atoms with Crippen LogP contribution >= 0.6 is 0 Å². The van der Waals surface area contributed by atoms with E-state index >= 15 is 0 Å². The number of carbonyl (C=O) groups is 2. The molecule has 162 valence electrons. The van der Waals surface area contributed by atoms with Gasteiger partial charge in [-0.2, -0.15) is 5.26 Å². The van der Waals surface area contributed by atoms with E-state index in [1.54, 1.807) is 41.9 Å². The fourth-order valence-electron chi connectivity index (χ4n) is 3.53. The maximum absolute atomic E-state index is 12.5. The number of hydrogen-bond donors (Lipinski definition) is 3. The molecule has 2 aromatic carbocycles. The Morgan fingerprint density at radius 3 is 2.35 bits per heavy atom. The molecule has 0 radical (unpaired) electrons. The Morgan fingerprint density at radius 2 is 1.74 bits per heavy atom. The Kier molecular flexibility index (Phi) is 7.98. The molecule has 0 unspecified atom stereocenters. The lowest BCUT2D eigenvalue weighted by atomic mass is 10.1. The number of amides is 2. The molecule has 1 aliphatic rings. The monoisotopic (exact) mass is 422 g/mol. The van der Waals surface area contributed by atoms with Gasteiger partial charge in [-0.05, 0) is 67.9 Å². The highest BCUT2D eigenvalue weighted by Crippen LogP contribution is 2.15. The molecule has 3 rings (SSSR count). The molecule has 1 atom stereocenters. The van der Waals surface area contributed by atoms with Gasteiger partial charge >= 0.3 is 0 Å². The van der Waals surface area contributed by atoms with Gasteiger partial charge in [0, 0.05) is 12.1 Å². The van der Waals surface area contributed by atoms with Crippen LogP contribution in [-0.4, -0.2) is 47.6 Å². The summed E-state index contributed by atoms with van der Waals surface area (Å²) in [6.45, 7) is 1.99. The molecular weight excluding hydrogens is 396 g/mol. The van der Waals surface area contributed by atoms with Gasteiger partial charge in [0.1, 0.15) is 18.4 Å².